The van der Waals surface area contributed by atoms with Crippen molar-refractivity contribution in [2.24, 2.45) is 0 Å². The molecule has 32 heavy (non-hydrogen) atoms. The summed E-state index contributed by atoms with van der Waals surface area (Å²) in [5.74, 6) is 0.963. The molecule has 0 bridgehead atoms. The van der Waals surface area contributed by atoms with E-state index >= 15 is 0 Å². The molecule has 6 heteroatoms. The van der Waals surface area contributed by atoms with Crippen LogP contribution in [0.2, 0.25) is 0 Å². The lowest BCUT2D eigenvalue weighted by atomic mass is 9.95. The van der Waals surface area contributed by atoms with Gasteiger partial charge in [0.2, 0.25) is 5.76 Å². The van der Waals surface area contributed by atoms with E-state index in [1.165, 1.54) is 10.5 Å². The van der Waals surface area contributed by atoms with Crippen LogP contribution in [0, 0.1) is 20.8 Å². The normalized spacial score (nSPS) is 15.8. The van der Waals surface area contributed by atoms with E-state index in [0.29, 0.717) is 34.0 Å². The fraction of sp³-hybridized carbons (Fsp3) is 0.269. The van der Waals surface area contributed by atoms with Crippen molar-refractivity contribution in [3.05, 3.63) is 92.0 Å². The summed E-state index contributed by atoms with van der Waals surface area (Å²) in [4.78, 5) is 28.7. The highest BCUT2D eigenvalue weighted by Crippen LogP contribution is 2.41. The number of fused-ring (bicyclic) bond motifs is 2. The Hall–Kier alpha value is -3.67. The minimum atomic E-state index is -0.648. The number of aryl methyl sites for hydroxylation is 3. The molecule has 3 heterocycles. The summed E-state index contributed by atoms with van der Waals surface area (Å²) in [6.45, 7) is 9.92. The Kier molecular flexibility index (Phi) is 4.55. The molecular formula is C26H24N2O4. The molecule has 2 aromatic heterocycles. The minimum Gasteiger partial charge on any atom is -0.450 e. The van der Waals surface area contributed by atoms with Crippen LogP contribution in [-0.4, -0.2) is 11.1 Å². The lowest BCUT2D eigenvalue weighted by molar-refractivity contribution is 0.0969. The SMILES string of the molecule is Cc1cc(N2C(=O)c3oc4cc(C)c(C)cc4c(=O)c3[C@H]2c2ccc(C(C)C)cc2)no1. The molecule has 0 unspecified atom stereocenters. The number of carbonyl (C=O) groups excluding carboxylic acids is 1. The van der Waals surface area contributed by atoms with Crippen molar-refractivity contribution < 1.29 is 13.7 Å². The van der Waals surface area contributed by atoms with Crippen LogP contribution in [-0.2, 0) is 0 Å². The van der Waals surface area contributed by atoms with Gasteiger partial charge < -0.3 is 8.94 Å². The van der Waals surface area contributed by atoms with Crippen molar-refractivity contribution in [2.45, 2.75) is 46.6 Å². The van der Waals surface area contributed by atoms with Gasteiger partial charge in [0, 0.05) is 6.07 Å². The van der Waals surface area contributed by atoms with Crippen LogP contribution in [0.3, 0.4) is 0 Å². The summed E-state index contributed by atoms with van der Waals surface area (Å²) in [6.07, 6.45) is 0. The van der Waals surface area contributed by atoms with Crippen molar-refractivity contribution in [2.75, 3.05) is 4.90 Å². The van der Waals surface area contributed by atoms with E-state index in [1.54, 1.807) is 13.0 Å². The van der Waals surface area contributed by atoms with Gasteiger partial charge in [0.05, 0.1) is 17.0 Å². The van der Waals surface area contributed by atoms with Crippen LogP contribution in [0.5, 0.6) is 0 Å². The quantitative estimate of drug-likeness (QED) is 0.426. The van der Waals surface area contributed by atoms with Gasteiger partial charge in [-0.2, -0.15) is 0 Å². The summed E-state index contributed by atoms with van der Waals surface area (Å²) in [6, 6.07) is 12.7. The van der Waals surface area contributed by atoms with E-state index in [4.69, 9.17) is 8.94 Å². The number of anilines is 1. The van der Waals surface area contributed by atoms with Crippen molar-refractivity contribution in [3.8, 4) is 0 Å². The van der Waals surface area contributed by atoms with Crippen molar-refractivity contribution in [1.29, 1.82) is 0 Å². The van der Waals surface area contributed by atoms with Crippen LogP contribution >= 0.6 is 0 Å². The fourth-order valence-electron chi connectivity index (χ4n) is 4.31. The molecule has 1 atom stereocenters. The number of rotatable bonds is 3. The van der Waals surface area contributed by atoms with Crippen LogP contribution in [0.15, 0.2) is 56.2 Å². The zero-order chi connectivity index (χ0) is 22.7. The second-order valence-corrected chi connectivity index (χ2v) is 8.80. The van der Waals surface area contributed by atoms with E-state index in [1.807, 2.05) is 50.2 Å². The maximum absolute atomic E-state index is 13.7. The number of hydrogen-bond acceptors (Lipinski definition) is 5. The Bertz CT molecular complexity index is 1430. The summed E-state index contributed by atoms with van der Waals surface area (Å²) in [7, 11) is 0. The van der Waals surface area contributed by atoms with Crippen LogP contribution in [0.4, 0.5) is 5.82 Å². The molecule has 2 aromatic carbocycles. The second kappa shape index (κ2) is 7.19. The fourth-order valence-corrected chi connectivity index (χ4v) is 4.31. The van der Waals surface area contributed by atoms with Crippen LogP contribution < -0.4 is 10.3 Å². The first-order valence-electron chi connectivity index (χ1n) is 10.7. The molecular weight excluding hydrogens is 404 g/mol. The number of amides is 1. The van der Waals surface area contributed by atoms with Crippen molar-refractivity contribution in [1.82, 2.24) is 5.16 Å². The zero-order valence-electron chi connectivity index (χ0n) is 18.7. The van der Waals surface area contributed by atoms with Gasteiger partial charge in [-0.25, -0.2) is 0 Å². The Morgan fingerprint density at radius 1 is 0.969 bits per heavy atom. The summed E-state index contributed by atoms with van der Waals surface area (Å²) in [5.41, 5.74) is 4.54. The van der Waals surface area contributed by atoms with Gasteiger partial charge in [-0.3, -0.25) is 14.5 Å². The highest BCUT2D eigenvalue weighted by Gasteiger charge is 2.44. The first-order chi connectivity index (χ1) is 15.3. The molecule has 0 N–H and O–H groups in total. The maximum Gasteiger partial charge on any atom is 0.296 e. The predicted octanol–water partition coefficient (Wildman–Crippen LogP) is 5.58. The number of carbonyl (C=O) groups is 1. The van der Waals surface area contributed by atoms with E-state index < -0.39 is 11.9 Å². The Morgan fingerprint density at radius 3 is 2.28 bits per heavy atom. The highest BCUT2D eigenvalue weighted by atomic mass is 16.5. The lowest BCUT2D eigenvalue weighted by Crippen LogP contribution is -2.29. The first-order valence-corrected chi connectivity index (χ1v) is 10.7. The number of hydrogen-bond donors (Lipinski definition) is 0. The van der Waals surface area contributed by atoms with Gasteiger partial charge in [-0.1, -0.05) is 43.3 Å². The molecule has 1 aliphatic heterocycles. The Labute approximate surface area is 185 Å². The summed E-state index contributed by atoms with van der Waals surface area (Å²) >= 11 is 0. The highest BCUT2D eigenvalue weighted by molar-refractivity contribution is 6.10. The molecule has 0 spiro atoms. The van der Waals surface area contributed by atoms with Gasteiger partial charge >= 0.3 is 0 Å². The third kappa shape index (κ3) is 2.98. The molecule has 5 rings (SSSR count). The van der Waals surface area contributed by atoms with Crippen molar-refractivity contribution in [3.63, 3.8) is 0 Å². The Balaban J connectivity index is 1.79. The average Bonchev–Trinajstić information content (AvgIpc) is 3.31. The minimum absolute atomic E-state index is 0.0596. The number of aromatic nitrogens is 1. The molecule has 0 saturated carbocycles. The summed E-state index contributed by atoms with van der Waals surface area (Å²) < 4.78 is 11.3. The average molecular weight is 428 g/mol. The van der Waals surface area contributed by atoms with Gasteiger partial charge in [0.1, 0.15) is 11.3 Å². The largest absolute Gasteiger partial charge is 0.450 e. The second-order valence-electron chi connectivity index (χ2n) is 8.80. The van der Waals surface area contributed by atoms with Gasteiger partial charge in [0.15, 0.2) is 11.2 Å². The monoisotopic (exact) mass is 428 g/mol. The molecule has 1 aliphatic rings. The standard InChI is InChI=1S/C26H24N2O4/c1-13(2)17-6-8-18(9-7-17)23-22-24(29)19-10-14(3)15(4)11-20(19)31-25(22)26(30)28(23)21-12-16(5)32-27-21/h6-13,23H,1-5H3/t23-/m1/s1. The van der Waals surface area contributed by atoms with E-state index in [2.05, 4.69) is 19.0 Å². The topological polar surface area (TPSA) is 76.6 Å². The van der Waals surface area contributed by atoms with E-state index in [0.717, 1.165) is 16.7 Å². The molecule has 1 amide bonds. The zero-order valence-corrected chi connectivity index (χ0v) is 18.7. The molecule has 0 fully saturated rings. The van der Waals surface area contributed by atoms with E-state index in [-0.39, 0.29) is 11.2 Å². The summed E-state index contributed by atoms with van der Waals surface area (Å²) in [5, 5.41) is 4.54. The molecule has 0 radical (unpaired) electrons. The first kappa shape index (κ1) is 20.2. The smallest absolute Gasteiger partial charge is 0.296 e. The lowest BCUT2D eigenvalue weighted by Gasteiger charge is -2.22. The van der Waals surface area contributed by atoms with Crippen LogP contribution in [0.25, 0.3) is 11.0 Å². The van der Waals surface area contributed by atoms with Gasteiger partial charge in [-0.15, -0.1) is 0 Å². The van der Waals surface area contributed by atoms with E-state index in [9.17, 15) is 9.59 Å². The molecule has 0 aliphatic carbocycles. The predicted molar refractivity (Wildman–Crippen MR) is 122 cm³/mol. The molecule has 162 valence electrons. The number of nitrogens with zero attached hydrogens (tertiary/aromatic N) is 2. The molecule has 4 aromatic rings. The Morgan fingerprint density at radius 2 is 1.66 bits per heavy atom. The van der Waals surface area contributed by atoms with Crippen molar-refractivity contribution >= 4 is 22.7 Å². The number of benzene rings is 2. The van der Waals surface area contributed by atoms with Crippen LogP contribution in [0.1, 0.15) is 69.9 Å². The van der Waals surface area contributed by atoms with Gasteiger partial charge in [0.25, 0.3) is 5.91 Å². The van der Waals surface area contributed by atoms with Gasteiger partial charge in [-0.05, 0) is 61.1 Å². The molecule has 6 nitrogen and oxygen atoms in total. The molecule has 0 saturated heterocycles. The third-order valence-corrected chi connectivity index (χ3v) is 6.27. The maximum atomic E-state index is 13.7. The third-order valence-electron chi connectivity index (χ3n) is 6.27.